The maximum atomic E-state index is 15.8. The summed E-state index contributed by atoms with van der Waals surface area (Å²) in [6, 6.07) is 38.0. The van der Waals surface area contributed by atoms with Crippen molar-refractivity contribution in [3.05, 3.63) is 121 Å². The van der Waals surface area contributed by atoms with Crippen molar-refractivity contribution in [2.24, 2.45) is 0 Å². The van der Waals surface area contributed by atoms with E-state index in [0.717, 1.165) is 20.7 Å². The summed E-state index contributed by atoms with van der Waals surface area (Å²) in [7, 11) is -11.8. The Bertz CT molecular complexity index is 1140. The fraction of sp³-hybridized carbons (Fsp3) is 0.0769. The number of nitrogens with zero attached hydrogens (tertiary/aromatic N) is 1. The van der Waals surface area contributed by atoms with E-state index in [1.807, 2.05) is 134 Å². The van der Waals surface area contributed by atoms with Crippen molar-refractivity contribution in [2.75, 3.05) is 0 Å². The second kappa shape index (κ2) is 9.19. The van der Waals surface area contributed by atoms with Gasteiger partial charge in [0.25, 0.3) is 0 Å². The van der Waals surface area contributed by atoms with Crippen LogP contribution in [0.2, 0.25) is 13.1 Å². The summed E-state index contributed by atoms with van der Waals surface area (Å²) in [6.07, 6.45) is 0. The van der Waals surface area contributed by atoms with Crippen LogP contribution in [-0.2, 0) is 10.4 Å². The molecule has 0 heterocycles. The van der Waals surface area contributed by atoms with E-state index in [1.54, 1.807) is 0 Å². The van der Waals surface area contributed by atoms with Crippen LogP contribution in [0.15, 0.2) is 121 Å². The molecule has 0 aliphatic rings. The van der Waals surface area contributed by atoms with Gasteiger partial charge in [0.2, 0.25) is 16.5 Å². The highest BCUT2D eigenvalue weighted by atomic mass is 32.3. The fourth-order valence-corrected chi connectivity index (χ4v) is 19.6. The molecule has 4 aromatic carbocycles. The van der Waals surface area contributed by atoms with Crippen LogP contribution >= 0.6 is 0 Å². The summed E-state index contributed by atoms with van der Waals surface area (Å²) in [4.78, 5) is 0. The molecule has 0 aromatic heterocycles. The van der Waals surface area contributed by atoms with Gasteiger partial charge in [-0.1, -0.05) is 125 Å². The van der Waals surface area contributed by atoms with E-state index in [4.69, 9.17) is 0 Å². The van der Waals surface area contributed by atoms with Crippen LogP contribution in [0.25, 0.3) is 0 Å². The van der Waals surface area contributed by atoms with Crippen molar-refractivity contribution in [1.29, 1.82) is 0 Å². The summed E-state index contributed by atoms with van der Waals surface area (Å²) in [5.41, 5.74) is 0. The standard InChI is InChI=1S/C26H26FNO2SSi2/c1-32(23-15-7-3-8-16-23,24-17-9-4-10-18-24)28(31(27,29)30)33(2,25-19-11-5-12-20-25)26-21-13-6-14-22-26/h3-22H,1-2H3. The highest BCUT2D eigenvalue weighted by Crippen LogP contribution is 2.26. The Balaban J connectivity index is 2.13. The summed E-state index contributed by atoms with van der Waals surface area (Å²) in [6.45, 7) is 3.87. The van der Waals surface area contributed by atoms with Crippen molar-refractivity contribution >= 4 is 47.6 Å². The maximum absolute atomic E-state index is 15.8. The lowest BCUT2D eigenvalue weighted by Gasteiger charge is -2.47. The second-order valence-corrected chi connectivity index (χ2v) is 18.1. The molecular weight excluding hydrogens is 466 g/mol. The van der Waals surface area contributed by atoms with Crippen molar-refractivity contribution in [3.63, 3.8) is 0 Å². The van der Waals surface area contributed by atoms with Gasteiger partial charge in [0.05, 0.1) is 0 Å². The average Bonchev–Trinajstić information content (AvgIpc) is 2.85. The first-order valence-corrected chi connectivity index (χ1v) is 17.0. The minimum absolute atomic E-state index is 0.836. The molecule has 0 atom stereocenters. The molecule has 33 heavy (non-hydrogen) atoms. The van der Waals surface area contributed by atoms with Gasteiger partial charge in [0, 0.05) is 0 Å². The van der Waals surface area contributed by atoms with Crippen molar-refractivity contribution in [3.8, 4) is 0 Å². The molecule has 3 nitrogen and oxygen atoms in total. The molecule has 0 aliphatic heterocycles. The smallest absolute Gasteiger partial charge is 0.203 e. The molecule has 0 amide bonds. The lowest BCUT2D eigenvalue weighted by molar-refractivity contribution is 0.525. The van der Waals surface area contributed by atoms with Crippen LogP contribution in [0.4, 0.5) is 3.89 Å². The van der Waals surface area contributed by atoms with Crippen molar-refractivity contribution in [1.82, 2.24) is 3.64 Å². The van der Waals surface area contributed by atoms with Gasteiger partial charge in [-0.05, 0) is 33.8 Å². The number of benzene rings is 4. The van der Waals surface area contributed by atoms with Gasteiger partial charge in [-0.2, -0.15) is 8.42 Å². The third-order valence-electron chi connectivity index (χ3n) is 6.37. The van der Waals surface area contributed by atoms with Gasteiger partial charge < -0.3 is 0 Å². The van der Waals surface area contributed by atoms with Crippen LogP contribution in [0.5, 0.6) is 0 Å². The summed E-state index contributed by atoms with van der Waals surface area (Å²) in [5.74, 6) is 0. The number of hydrogen-bond acceptors (Lipinski definition) is 2. The molecule has 7 heteroatoms. The molecular formula is C26H26FNO2SSi2. The Morgan fingerprint density at radius 2 is 0.727 bits per heavy atom. The molecule has 0 bridgehead atoms. The molecule has 0 radical (unpaired) electrons. The number of hydrogen-bond donors (Lipinski definition) is 0. The molecule has 4 rings (SSSR count). The summed E-state index contributed by atoms with van der Waals surface area (Å²) in [5, 5.41) is 3.34. The lowest BCUT2D eigenvalue weighted by Crippen LogP contribution is -2.82. The Kier molecular flexibility index (Phi) is 6.49. The molecule has 0 fully saturated rings. The first kappa shape index (κ1) is 23.3. The fourth-order valence-electron chi connectivity index (χ4n) is 4.74. The zero-order valence-electron chi connectivity index (χ0n) is 18.6. The zero-order valence-corrected chi connectivity index (χ0v) is 21.4. The van der Waals surface area contributed by atoms with E-state index < -0.39 is 26.9 Å². The number of rotatable bonds is 7. The molecule has 0 N–H and O–H groups in total. The van der Waals surface area contributed by atoms with Gasteiger partial charge in [0.15, 0.2) is 0 Å². The normalized spacial score (nSPS) is 12.6. The zero-order chi connectivity index (χ0) is 23.5. The third-order valence-corrected chi connectivity index (χ3v) is 20.4. The third kappa shape index (κ3) is 4.25. The first-order valence-electron chi connectivity index (χ1n) is 10.8. The van der Waals surface area contributed by atoms with E-state index in [-0.39, 0.29) is 0 Å². The van der Waals surface area contributed by atoms with Crippen molar-refractivity contribution < 1.29 is 12.3 Å². The Morgan fingerprint density at radius 1 is 0.515 bits per heavy atom. The molecule has 0 spiro atoms. The maximum Gasteiger partial charge on any atom is 0.363 e. The van der Waals surface area contributed by atoms with Gasteiger partial charge in [0.1, 0.15) is 0 Å². The van der Waals surface area contributed by atoms with Crippen LogP contribution < -0.4 is 20.7 Å². The average molecular weight is 492 g/mol. The molecule has 0 saturated carbocycles. The lowest BCUT2D eigenvalue weighted by atomic mass is 10.4. The van der Waals surface area contributed by atoms with Gasteiger partial charge in [-0.15, -0.1) is 0 Å². The van der Waals surface area contributed by atoms with Crippen LogP contribution in [-0.4, -0.2) is 28.5 Å². The minimum atomic E-state index is -5.12. The van der Waals surface area contributed by atoms with Gasteiger partial charge >= 0.3 is 10.4 Å². The molecule has 0 aliphatic carbocycles. The quantitative estimate of drug-likeness (QED) is 0.294. The predicted octanol–water partition coefficient (Wildman–Crippen LogP) is 3.28. The summed E-state index contributed by atoms with van der Waals surface area (Å²) < 4.78 is 43.5. The largest absolute Gasteiger partial charge is 0.363 e. The highest BCUT2D eigenvalue weighted by molar-refractivity contribution is 7.88. The SMILES string of the molecule is C[Si](c1ccccc1)(c1ccccc1)N([Si](C)(c1ccccc1)c1ccccc1)S(=O)(=O)F. The van der Waals surface area contributed by atoms with Crippen LogP contribution in [0, 0.1) is 0 Å². The monoisotopic (exact) mass is 491 g/mol. The predicted molar refractivity (Wildman–Crippen MR) is 139 cm³/mol. The topological polar surface area (TPSA) is 37.4 Å². The Hall–Kier alpha value is -2.85. The molecule has 168 valence electrons. The highest BCUT2D eigenvalue weighted by Gasteiger charge is 2.56. The molecule has 0 unspecified atom stereocenters. The number of halogens is 1. The first-order chi connectivity index (χ1) is 15.8. The molecule has 0 saturated heterocycles. The van der Waals surface area contributed by atoms with Gasteiger partial charge in [-0.3, -0.25) is 0 Å². The van der Waals surface area contributed by atoms with E-state index >= 15 is 3.89 Å². The van der Waals surface area contributed by atoms with Gasteiger partial charge in [-0.25, -0.2) is 3.64 Å². The van der Waals surface area contributed by atoms with Crippen LogP contribution in [0.1, 0.15) is 0 Å². The Morgan fingerprint density at radius 3 is 0.909 bits per heavy atom. The minimum Gasteiger partial charge on any atom is -0.203 e. The van der Waals surface area contributed by atoms with Crippen molar-refractivity contribution in [2.45, 2.75) is 13.1 Å². The second-order valence-electron chi connectivity index (χ2n) is 8.32. The van der Waals surface area contributed by atoms with E-state index in [0.29, 0.717) is 0 Å². The molecule has 4 aromatic rings. The Labute approximate surface area is 197 Å². The van der Waals surface area contributed by atoms with E-state index in [1.165, 1.54) is 3.64 Å². The summed E-state index contributed by atoms with van der Waals surface area (Å²) >= 11 is 0. The van der Waals surface area contributed by atoms with E-state index in [2.05, 4.69) is 0 Å². The van der Waals surface area contributed by atoms with Crippen LogP contribution in [0.3, 0.4) is 0 Å². The van der Waals surface area contributed by atoms with E-state index in [9.17, 15) is 8.42 Å².